The van der Waals surface area contributed by atoms with Crippen LogP contribution >= 0.6 is 0 Å². The minimum Gasteiger partial charge on any atom is -0.493 e. The molecule has 1 aromatic carbocycles. The highest BCUT2D eigenvalue weighted by Crippen LogP contribution is 2.33. The molecule has 0 aliphatic carbocycles. The Labute approximate surface area is 149 Å². The summed E-state index contributed by atoms with van der Waals surface area (Å²) in [5.74, 6) is 0.180. The van der Waals surface area contributed by atoms with Gasteiger partial charge in [-0.25, -0.2) is 16.8 Å². The first kappa shape index (κ1) is 20.0. The van der Waals surface area contributed by atoms with Gasteiger partial charge in [-0.15, -0.1) is 0 Å². The Morgan fingerprint density at radius 3 is 2.44 bits per heavy atom. The number of nitrogens with one attached hydrogen (secondary N) is 1. The lowest BCUT2D eigenvalue weighted by atomic mass is 10.2. The van der Waals surface area contributed by atoms with E-state index < -0.39 is 31.0 Å². The fraction of sp³-hybridized carbons (Fsp3) is 0.625. The summed E-state index contributed by atoms with van der Waals surface area (Å²) < 4.78 is 60.4. The van der Waals surface area contributed by atoms with Crippen molar-refractivity contribution in [3.05, 3.63) is 18.2 Å². The Kier molecular flexibility index (Phi) is 6.34. The highest BCUT2D eigenvalue weighted by atomic mass is 32.2. The van der Waals surface area contributed by atoms with Gasteiger partial charge >= 0.3 is 0 Å². The molecule has 0 saturated carbocycles. The van der Waals surface area contributed by atoms with Crippen LogP contribution in [0.1, 0.15) is 19.8 Å². The van der Waals surface area contributed by atoms with E-state index in [1.54, 1.807) is 0 Å². The molecule has 1 aliphatic heterocycles. The molecule has 142 valence electrons. The summed E-state index contributed by atoms with van der Waals surface area (Å²) in [5.41, 5.74) is 0. The molecule has 0 spiro atoms. The molecule has 1 N–H and O–H groups in total. The van der Waals surface area contributed by atoms with E-state index in [-0.39, 0.29) is 16.4 Å². The predicted molar refractivity (Wildman–Crippen MR) is 95.9 cm³/mol. The average Bonchev–Trinajstić information content (AvgIpc) is 2.90. The molecule has 0 unspecified atom stereocenters. The lowest BCUT2D eigenvalue weighted by Gasteiger charge is -2.20. The van der Waals surface area contributed by atoms with Crippen molar-refractivity contribution in [2.24, 2.45) is 0 Å². The minimum atomic E-state index is -3.83. The second-order valence-corrected chi connectivity index (χ2v) is 10.4. The van der Waals surface area contributed by atoms with E-state index in [0.717, 1.165) is 12.8 Å². The van der Waals surface area contributed by atoms with Crippen molar-refractivity contribution in [3.8, 4) is 11.5 Å². The Bertz CT molecular complexity index is 804. The van der Waals surface area contributed by atoms with Crippen LogP contribution in [0.5, 0.6) is 11.5 Å². The Balaban J connectivity index is 2.35. The lowest BCUT2D eigenvalue weighted by molar-refractivity contribution is 0.354. The number of hydrogen-bond acceptors (Lipinski definition) is 7. The Morgan fingerprint density at radius 2 is 1.84 bits per heavy atom. The van der Waals surface area contributed by atoms with E-state index in [9.17, 15) is 16.8 Å². The van der Waals surface area contributed by atoms with Crippen LogP contribution in [-0.2, 0) is 19.7 Å². The number of benzene rings is 1. The van der Waals surface area contributed by atoms with Crippen LogP contribution in [0.2, 0.25) is 0 Å². The van der Waals surface area contributed by atoms with Crippen LogP contribution in [0.3, 0.4) is 0 Å². The number of methoxy groups -OCH3 is 2. The summed E-state index contributed by atoms with van der Waals surface area (Å²) in [6.45, 7) is 2.61. The molecule has 1 fully saturated rings. The quantitative estimate of drug-likeness (QED) is 0.661. The number of hydrogen-bond donors (Lipinski definition) is 1. The van der Waals surface area contributed by atoms with Gasteiger partial charge in [0, 0.05) is 12.1 Å². The summed E-state index contributed by atoms with van der Waals surface area (Å²) in [7, 11) is -4.35. The standard InChI is InChI=1S/C16H25NO6S2/c1-4-5-8-17-13-10-24(18,19)11-16(13)25(20,21)12-6-7-14(22-2)15(9-12)23-3/h6-7,9,13,16-17H,4-5,8,10-11H2,1-3H3/t13-,16-/m0/s1. The van der Waals surface area contributed by atoms with E-state index in [4.69, 9.17) is 9.47 Å². The molecule has 2 rings (SSSR count). The van der Waals surface area contributed by atoms with Crippen LogP contribution in [0.4, 0.5) is 0 Å². The molecule has 0 radical (unpaired) electrons. The normalized spacial score (nSPS) is 22.7. The van der Waals surface area contributed by atoms with E-state index in [2.05, 4.69) is 5.32 Å². The fourth-order valence-corrected chi connectivity index (χ4v) is 7.67. The van der Waals surface area contributed by atoms with Crippen molar-refractivity contribution in [2.45, 2.75) is 36.0 Å². The summed E-state index contributed by atoms with van der Waals surface area (Å²) in [6.07, 6.45) is 1.80. The predicted octanol–water partition coefficient (Wildman–Crippen LogP) is 1.03. The monoisotopic (exact) mass is 391 g/mol. The smallest absolute Gasteiger partial charge is 0.183 e. The molecular weight excluding hydrogens is 366 g/mol. The first-order valence-corrected chi connectivity index (χ1v) is 11.5. The molecule has 0 bridgehead atoms. The molecule has 7 nitrogen and oxygen atoms in total. The molecule has 1 aromatic rings. The van der Waals surface area contributed by atoms with Gasteiger partial charge in [0.25, 0.3) is 0 Å². The molecule has 1 saturated heterocycles. The van der Waals surface area contributed by atoms with Gasteiger partial charge in [0.15, 0.2) is 31.2 Å². The minimum absolute atomic E-state index is 0.0366. The van der Waals surface area contributed by atoms with E-state index in [1.165, 1.54) is 32.4 Å². The summed E-state index contributed by atoms with van der Waals surface area (Å²) in [4.78, 5) is 0.0366. The first-order chi connectivity index (χ1) is 11.7. The number of sulfone groups is 2. The zero-order valence-corrected chi connectivity index (χ0v) is 16.3. The molecule has 2 atom stereocenters. The average molecular weight is 392 g/mol. The number of rotatable bonds is 8. The van der Waals surface area contributed by atoms with Gasteiger partial charge in [0.05, 0.1) is 35.9 Å². The zero-order chi connectivity index (χ0) is 18.7. The van der Waals surface area contributed by atoms with Gasteiger partial charge < -0.3 is 14.8 Å². The zero-order valence-electron chi connectivity index (χ0n) is 14.7. The maximum atomic E-state index is 13.0. The van der Waals surface area contributed by atoms with Gasteiger partial charge in [-0.2, -0.15) is 0 Å². The maximum Gasteiger partial charge on any atom is 0.183 e. The van der Waals surface area contributed by atoms with E-state index >= 15 is 0 Å². The Morgan fingerprint density at radius 1 is 1.16 bits per heavy atom. The SMILES string of the molecule is CCCCN[C@H]1CS(=O)(=O)C[C@@H]1S(=O)(=O)c1ccc(OC)c(OC)c1. The van der Waals surface area contributed by atoms with Gasteiger partial charge in [-0.3, -0.25) is 0 Å². The molecule has 0 aromatic heterocycles. The van der Waals surface area contributed by atoms with Crippen molar-refractivity contribution in [3.63, 3.8) is 0 Å². The van der Waals surface area contributed by atoms with Crippen molar-refractivity contribution in [1.82, 2.24) is 5.32 Å². The van der Waals surface area contributed by atoms with Gasteiger partial charge in [-0.1, -0.05) is 13.3 Å². The number of unbranched alkanes of at least 4 members (excludes halogenated alkanes) is 1. The lowest BCUT2D eigenvalue weighted by Crippen LogP contribution is -2.43. The summed E-state index contributed by atoms with van der Waals surface area (Å²) in [6, 6.07) is 3.70. The summed E-state index contributed by atoms with van der Waals surface area (Å²) >= 11 is 0. The highest BCUT2D eigenvalue weighted by molar-refractivity contribution is 7.96. The van der Waals surface area contributed by atoms with Crippen LogP contribution < -0.4 is 14.8 Å². The van der Waals surface area contributed by atoms with E-state index in [1.807, 2.05) is 6.92 Å². The van der Waals surface area contributed by atoms with Crippen molar-refractivity contribution in [2.75, 3.05) is 32.3 Å². The van der Waals surface area contributed by atoms with Gasteiger partial charge in [0.1, 0.15) is 0 Å². The van der Waals surface area contributed by atoms with Crippen LogP contribution in [-0.4, -0.2) is 60.4 Å². The fourth-order valence-electron chi connectivity index (χ4n) is 2.94. The third kappa shape index (κ3) is 4.45. The molecular formula is C16H25NO6S2. The third-order valence-corrected chi connectivity index (χ3v) is 8.47. The Hall–Kier alpha value is -1.32. The van der Waals surface area contributed by atoms with Crippen LogP contribution in [0, 0.1) is 0 Å². The maximum absolute atomic E-state index is 13.0. The molecule has 9 heteroatoms. The van der Waals surface area contributed by atoms with Crippen molar-refractivity contribution >= 4 is 19.7 Å². The second kappa shape index (κ2) is 7.92. The van der Waals surface area contributed by atoms with Crippen molar-refractivity contribution in [1.29, 1.82) is 0 Å². The van der Waals surface area contributed by atoms with Crippen LogP contribution in [0.25, 0.3) is 0 Å². The van der Waals surface area contributed by atoms with Gasteiger partial charge in [0.2, 0.25) is 0 Å². The summed E-state index contributed by atoms with van der Waals surface area (Å²) in [5, 5.41) is 2.09. The first-order valence-electron chi connectivity index (χ1n) is 8.15. The molecule has 1 heterocycles. The topological polar surface area (TPSA) is 98.8 Å². The van der Waals surface area contributed by atoms with Crippen LogP contribution in [0.15, 0.2) is 23.1 Å². The highest BCUT2D eigenvalue weighted by Gasteiger charge is 2.45. The largest absolute Gasteiger partial charge is 0.493 e. The second-order valence-electron chi connectivity index (χ2n) is 6.09. The molecule has 25 heavy (non-hydrogen) atoms. The third-order valence-electron chi connectivity index (χ3n) is 4.32. The molecule has 0 amide bonds. The number of ether oxygens (including phenoxy) is 2. The van der Waals surface area contributed by atoms with Crippen molar-refractivity contribution < 1.29 is 26.3 Å². The molecule has 1 aliphatic rings. The van der Waals surface area contributed by atoms with Gasteiger partial charge in [-0.05, 0) is 25.1 Å². The van der Waals surface area contributed by atoms with E-state index in [0.29, 0.717) is 18.0 Å².